The van der Waals surface area contributed by atoms with Gasteiger partial charge in [0.2, 0.25) is 0 Å². The minimum absolute atomic E-state index is 0.0555. The van der Waals surface area contributed by atoms with Crippen molar-refractivity contribution in [1.82, 2.24) is 14.5 Å². The number of Topliss-reactive ketones (excluding diaryl/α,β-unsaturated/α-hetero) is 1. The zero-order valence-electron chi connectivity index (χ0n) is 14.2. The zero-order chi connectivity index (χ0) is 17.1. The number of likely N-dealkylation sites (tertiary alicyclic amines) is 1. The minimum Gasteiger partial charge on any atom is -0.338 e. The predicted molar refractivity (Wildman–Crippen MR) is 92.2 cm³/mol. The van der Waals surface area contributed by atoms with E-state index < -0.39 is 0 Å². The normalized spacial score (nSPS) is 17.8. The lowest BCUT2D eigenvalue weighted by atomic mass is 9.95. The largest absolute Gasteiger partial charge is 0.338 e. The third-order valence-electron chi connectivity index (χ3n) is 4.70. The van der Waals surface area contributed by atoms with Gasteiger partial charge in [-0.1, -0.05) is 18.2 Å². The molecule has 0 saturated carbocycles. The average molecular weight is 325 g/mol. The number of piperidine rings is 1. The maximum atomic E-state index is 12.9. The first-order valence-corrected chi connectivity index (χ1v) is 8.52. The molecule has 126 valence electrons. The van der Waals surface area contributed by atoms with E-state index >= 15 is 0 Å². The summed E-state index contributed by atoms with van der Waals surface area (Å²) in [5.41, 5.74) is 1.00. The first kappa shape index (κ1) is 16.4. The summed E-state index contributed by atoms with van der Waals surface area (Å²) in [5, 5.41) is 0. The molecule has 1 fully saturated rings. The SMILES string of the molecule is CCn1ccnc1C1CCCN(C(=O)c2ccccc2C(C)=O)C1. The van der Waals surface area contributed by atoms with Crippen molar-refractivity contribution >= 4 is 11.7 Å². The predicted octanol–water partition coefficient (Wildman–Crippen LogP) is 3.13. The molecule has 0 spiro atoms. The van der Waals surface area contributed by atoms with E-state index in [1.807, 2.05) is 23.4 Å². The molecule has 1 aromatic carbocycles. The van der Waals surface area contributed by atoms with E-state index in [4.69, 9.17) is 0 Å². The Morgan fingerprint density at radius 2 is 2.00 bits per heavy atom. The molecule has 24 heavy (non-hydrogen) atoms. The molecule has 1 saturated heterocycles. The number of hydrogen-bond donors (Lipinski definition) is 0. The minimum atomic E-state index is -0.0750. The van der Waals surface area contributed by atoms with Crippen molar-refractivity contribution < 1.29 is 9.59 Å². The highest BCUT2D eigenvalue weighted by Gasteiger charge is 2.29. The molecular weight excluding hydrogens is 302 g/mol. The number of ketones is 1. The average Bonchev–Trinajstić information content (AvgIpc) is 3.10. The molecule has 0 N–H and O–H groups in total. The van der Waals surface area contributed by atoms with Gasteiger partial charge >= 0.3 is 0 Å². The molecule has 1 aliphatic heterocycles. The van der Waals surface area contributed by atoms with Gasteiger partial charge in [0.25, 0.3) is 5.91 Å². The third kappa shape index (κ3) is 3.11. The van der Waals surface area contributed by atoms with Crippen LogP contribution < -0.4 is 0 Å². The van der Waals surface area contributed by atoms with Gasteiger partial charge in [0, 0.05) is 43.5 Å². The summed E-state index contributed by atoms with van der Waals surface area (Å²) in [6.45, 7) is 5.87. The maximum Gasteiger partial charge on any atom is 0.254 e. The highest BCUT2D eigenvalue weighted by atomic mass is 16.2. The molecule has 1 amide bonds. The first-order chi connectivity index (χ1) is 11.6. The Kier molecular flexibility index (Phi) is 4.79. The van der Waals surface area contributed by atoms with Gasteiger partial charge in [0.1, 0.15) is 5.82 Å². The number of aryl methyl sites for hydroxylation is 1. The van der Waals surface area contributed by atoms with Crippen molar-refractivity contribution in [3.63, 3.8) is 0 Å². The van der Waals surface area contributed by atoms with Crippen LogP contribution in [-0.2, 0) is 6.54 Å². The second-order valence-electron chi connectivity index (χ2n) is 6.26. The summed E-state index contributed by atoms with van der Waals surface area (Å²) in [4.78, 5) is 31.1. The van der Waals surface area contributed by atoms with Crippen LogP contribution in [0.5, 0.6) is 0 Å². The first-order valence-electron chi connectivity index (χ1n) is 8.52. The molecule has 1 aromatic heterocycles. The maximum absolute atomic E-state index is 12.9. The molecule has 3 rings (SSSR count). The third-order valence-corrected chi connectivity index (χ3v) is 4.70. The van der Waals surface area contributed by atoms with Crippen molar-refractivity contribution in [2.24, 2.45) is 0 Å². The lowest BCUT2D eigenvalue weighted by Gasteiger charge is -2.33. The zero-order valence-corrected chi connectivity index (χ0v) is 14.2. The van der Waals surface area contributed by atoms with Crippen LogP contribution >= 0.6 is 0 Å². The van der Waals surface area contributed by atoms with E-state index in [9.17, 15) is 9.59 Å². The van der Waals surface area contributed by atoms with E-state index in [1.165, 1.54) is 6.92 Å². The Labute approximate surface area is 142 Å². The second-order valence-corrected chi connectivity index (χ2v) is 6.26. The Morgan fingerprint density at radius 3 is 2.71 bits per heavy atom. The van der Waals surface area contributed by atoms with Crippen LogP contribution in [0.25, 0.3) is 0 Å². The molecule has 0 bridgehead atoms. The lowest BCUT2D eigenvalue weighted by molar-refractivity contribution is 0.0699. The number of aromatic nitrogens is 2. The molecule has 1 unspecified atom stereocenters. The van der Waals surface area contributed by atoms with Gasteiger partial charge in [0.05, 0.1) is 5.56 Å². The lowest BCUT2D eigenvalue weighted by Crippen LogP contribution is -2.40. The number of nitrogens with zero attached hydrogens (tertiary/aromatic N) is 3. The van der Waals surface area contributed by atoms with Gasteiger partial charge in [-0.15, -0.1) is 0 Å². The fraction of sp³-hybridized carbons (Fsp3) is 0.421. The van der Waals surface area contributed by atoms with Gasteiger partial charge in [-0.3, -0.25) is 9.59 Å². The number of hydrogen-bond acceptors (Lipinski definition) is 3. The summed E-state index contributed by atoms with van der Waals surface area (Å²) in [7, 11) is 0. The fourth-order valence-electron chi connectivity index (χ4n) is 3.47. The summed E-state index contributed by atoms with van der Waals surface area (Å²) < 4.78 is 2.14. The van der Waals surface area contributed by atoms with Gasteiger partial charge in [-0.25, -0.2) is 4.98 Å². The van der Waals surface area contributed by atoms with Crippen LogP contribution in [-0.4, -0.2) is 39.2 Å². The van der Waals surface area contributed by atoms with Crippen LogP contribution in [0.15, 0.2) is 36.7 Å². The molecule has 1 aliphatic rings. The van der Waals surface area contributed by atoms with Crippen molar-refractivity contribution in [1.29, 1.82) is 0 Å². The summed E-state index contributed by atoms with van der Waals surface area (Å²) in [6.07, 6.45) is 5.80. The molecule has 2 heterocycles. The topological polar surface area (TPSA) is 55.2 Å². The Hall–Kier alpha value is -2.43. The highest BCUT2D eigenvalue weighted by molar-refractivity contribution is 6.07. The molecule has 5 nitrogen and oxygen atoms in total. The Morgan fingerprint density at radius 1 is 1.25 bits per heavy atom. The quantitative estimate of drug-likeness (QED) is 0.812. The van der Waals surface area contributed by atoms with E-state index in [-0.39, 0.29) is 17.6 Å². The van der Waals surface area contributed by atoms with E-state index in [1.54, 1.807) is 18.2 Å². The fourth-order valence-corrected chi connectivity index (χ4v) is 3.47. The van der Waals surface area contributed by atoms with Gasteiger partial charge < -0.3 is 9.47 Å². The number of rotatable bonds is 4. The van der Waals surface area contributed by atoms with Crippen LogP contribution in [0, 0.1) is 0 Å². The Bertz CT molecular complexity index is 751. The van der Waals surface area contributed by atoms with Crippen LogP contribution in [0.3, 0.4) is 0 Å². The van der Waals surface area contributed by atoms with Crippen molar-refractivity contribution in [3.8, 4) is 0 Å². The second kappa shape index (κ2) is 6.99. The standard InChI is InChI=1S/C19H23N3O2/c1-3-21-12-10-20-18(21)15-7-6-11-22(13-15)19(24)17-9-5-4-8-16(17)14(2)23/h4-5,8-10,12,15H,3,6-7,11,13H2,1-2H3. The van der Waals surface area contributed by atoms with Crippen molar-refractivity contribution in [2.45, 2.75) is 39.2 Å². The summed E-state index contributed by atoms with van der Waals surface area (Å²) in [5.74, 6) is 1.17. The molecule has 0 aliphatic carbocycles. The molecule has 0 radical (unpaired) electrons. The summed E-state index contributed by atoms with van der Waals surface area (Å²) in [6, 6.07) is 7.08. The van der Waals surface area contributed by atoms with Crippen molar-refractivity contribution in [2.75, 3.05) is 13.1 Å². The van der Waals surface area contributed by atoms with E-state index in [2.05, 4.69) is 16.5 Å². The molecule has 5 heteroatoms. The van der Waals surface area contributed by atoms with E-state index in [0.717, 1.165) is 31.8 Å². The Balaban J connectivity index is 1.83. The van der Waals surface area contributed by atoms with E-state index in [0.29, 0.717) is 17.7 Å². The highest BCUT2D eigenvalue weighted by Crippen LogP contribution is 2.27. The van der Waals surface area contributed by atoms with Crippen molar-refractivity contribution in [3.05, 3.63) is 53.6 Å². The number of amides is 1. The van der Waals surface area contributed by atoms with Gasteiger partial charge in [0.15, 0.2) is 5.78 Å². The summed E-state index contributed by atoms with van der Waals surface area (Å²) >= 11 is 0. The van der Waals surface area contributed by atoms with Gasteiger partial charge in [-0.2, -0.15) is 0 Å². The monoisotopic (exact) mass is 325 g/mol. The molecular formula is C19H23N3O2. The smallest absolute Gasteiger partial charge is 0.254 e. The number of carbonyl (C=O) groups is 2. The number of carbonyl (C=O) groups excluding carboxylic acids is 2. The number of benzene rings is 1. The van der Waals surface area contributed by atoms with Gasteiger partial charge in [-0.05, 0) is 32.8 Å². The molecule has 1 atom stereocenters. The van der Waals surface area contributed by atoms with Crippen LogP contribution in [0.4, 0.5) is 0 Å². The van der Waals surface area contributed by atoms with Crippen LogP contribution in [0.2, 0.25) is 0 Å². The van der Waals surface area contributed by atoms with Crippen LogP contribution in [0.1, 0.15) is 59.1 Å². The molecule has 2 aromatic rings. The number of imidazole rings is 1.